The number of carbonyl (C=O) groups excluding carboxylic acids is 1. The lowest BCUT2D eigenvalue weighted by Crippen LogP contribution is -2.51. The quantitative estimate of drug-likeness (QED) is 0.897. The molecule has 3 heterocycles. The number of amides is 1. The van der Waals surface area contributed by atoms with Crippen LogP contribution in [0.5, 0.6) is 0 Å². The topological polar surface area (TPSA) is 54.5 Å². The van der Waals surface area contributed by atoms with E-state index in [2.05, 4.69) is 15.2 Å². The Bertz CT molecular complexity index is 561. The zero-order valence-corrected chi connectivity index (χ0v) is 14.2. The molecule has 1 aromatic rings. The third-order valence-electron chi connectivity index (χ3n) is 5.89. The number of aromatic nitrogens is 1. The van der Waals surface area contributed by atoms with Gasteiger partial charge >= 0.3 is 0 Å². The fraction of sp³-hybridized carbons (Fsp3) is 0.684. The van der Waals surface area contributed by atoms with Gasteiger partial charge in [0.05, 0.1) is 6.10 Å². The first kappa shape index (κ1) is 16.0. The van der Waals surface area contributed by atoms with Gasteiger partial charge in [0.2, 0.25) is 5.91 Å². The average Bonchev–Trinajstić information content (AvgIpc) is 2.97. The van der Waals surface area contributed by atoms with E-state index in [9.17, 15) is 4.79 Å². The van der Waals surface area contributed by atoms with E-state index in [0.29, 0.717) is 12.6 Å². The van der Waals surface area contributed by atoms with Crippen LogP contribution in [0.1, 0.15) is 44.1 Å². The molecule has 3 atom stereocenters. The largest absolute Gasteiger partial charge is 0.363 e. The smallest absolute Gasteiger partial charge is 0.249 e. The van der Waals surface area contributed by atoms with Crippen LogP contribution in [-0.4, -0.2) is 53.2 Å². The molecule has 0 aromatic carbocycles. The Labute approximate surface area is 143 Å². The summed E-state index contributed by atoms with van der Waals surface area (Å²) in [5.41, 5.74) is 1.20. The van der Waals surface area contributed by atoms with Gasteiger partial charge in [-0.05, 0) is 56.2 Å². The number of hydrogen-bond acceptors (Lipinski definition) is 4. The van der Waals surface area contributed by atoms with Gasteiger partial charge < -0.3 is 10.1 Å². The van der Waals surface area contributed by atoms with Crippen LogP contribution in [0, 0.1) is 0 Å². The average molecular weight is 329 g/mol. The molecule has 0 bridgehead atoms. The summed E-state index contributed by atoms with van der Waals surface area (Å²) in [5, 5.41) is 3.04. The summed E-state index contributed by atoms with van der Waals surface area (Å²) in [6.07, 6.45) is 11.5. The third-order valence-corrected chi connectivity index (χ3v) is 5.89. The molecule has 1 saturated carbocycles. The minimum atomic E-state index is -0.259. The van der Waals surface area contributed by atoms with Crippen LogP contribution in [0.3, 0.4) is 0 Å². The number of nitrogens with zero attached hydrogens (tertiary/aromatic N) is 2. The van der Waals surface area contributed by atoms with E-state index >= 15 is 0 Å². The molecule has 0 spiro atoms. The number of fused-ring (bicyclic) bond motifs is 1. The molecule has 3 fully saturated rings. The first-order valence-corrected chi connectivity index (χ1v) is 9.39. The molecule has 1 aromatic heterocycles. The molecule has 5 nitrogen and oxygen atoms in total. The zero-order chi connectivity index (χ0) is 16.4. The molecule has 0 unspecified atom stereocenters. The van der Waals surface area contributed by atoms with Crippen LogP contribution in [-0.2, 0) is 16.0 Å². The summed E-state index contributed by atoms with van der Waals surface area (Å²) in [6, 6.07) is 5.31. The fourth-order valence-electron chi connectivity index (χ4n) is 4.32. The highest BCUT2D eigenvalue weighted by molar-refractivity contribution is 5.80. The minimum Gasteiger partial charge on any atom is -0.363 e. The van der Waals surface area contributed by atoms with Crippen molar-refractivity contribution in [3.63, 3.8) is 0 Å². The van der Waals surface area contributed by atoms with Crippen molar-refractivity contribution in [2.45, 2.75) is 69.2 Å². The van der Waals surface area contributed by atoms with Crippen molar-refractivity contribution >= 4 is 5.91 Å². The zero-order valence-electron chi connectivity index (χ0n) is 14.2. The van der Waals surface area contributed by atoms with E-state index < -0.39 is 0 Å². The highest BCUT2D eigenvalue weighted by atomic mass is 16.5. The number of likely N-dealkylation sites (tertiary alicyclic amines) is 1. The molecule has 1 amide bonds. The number of nitrogens with one attached hydrogen (secondary N) is 1. The Morgan fingerprint density at radius 2 is 2.04 bits per heavy atom. The molecule has 1 aliphatic carbocycles. The van der Waals surface area contributed by atoms with Gasteiger partial charge in [0.15, 0.2) is 0 Å². The molecule has 24 heavy (non-hydrogen) atoms. The van der Waals surface area contributed by atoms with Crippen molar-refractivity contribution in [3.8, 4) is 0 Å². The highest BCUT2D eigenvalue weighted by Crippen LogP contribution is 2.37. The molecule has 2 aliphatic heterocycles. The molecule has 2 saturated heterocycles. The second-order valence-electron chi connectivity index (χ2n) is 7.32. The Morgan fingerprint density at radius 1 is 1.21 bits per heavy atom. The summed E-state index contributed by atoms with van der Waals surface area (Å²) in [5.74, 6) is 0.0598. The van der Waals surface area contributed by atoms with Gasteiger partial charge in [-0.3, -0.25) is 14.7 Å². The predicted molar refractivity (Wildman–Crippen MR) is 91.6 cm³/mol. The summed E-state index contributed by atoms with van der Waals surface area (Å²) < 4.78 is 6.16. The van der Waals surface area contributed by atoms with Gasteiger partial charge in [-0.1, -0.05) is 6.42 Å². The maximum absolute atomic E-state index is 12.4. The normalized spacial score (nSPS) is 30.6. The lowest BCUT2D eigenvalue weighted by molar-refractivity contribution is -0.144. The predicted octanol–water partition coefficient (Wildman–Crippen LogP) is 1.91. The molecule has 5 heteroatoms. The van der Waals surface area contributed by atoms with E-state index in [1.165, 1.54) is 24.8 Å². The summed E-state index contributed by atoms with van der Waals surface area (Å²) in [6.45, 7) is 1.81. The fourth-order valence-corrected chi connectivity index (χ4v) is 4.32. The first-order valence-electron chi connectivity index (χ1n) is 9.39. The number of pyridine rings is 1. The van der Waals surface area contributed by atoms with Gasteiger partial charge in [-0.25, -0.2) is 0 Å². The maximum atomic E-state index is 12.4. The van der Waals surface area contributed by atoms with Crippen LogP contribution in [0.15, 0.2) is 24.5 Å². The van der Waals surface area contributed by atoms with Crippen molar-refractivity contribution < 1.29 is 9.53 Å². The minimum absolute atomic E-state index is 0.0598. The van der Waals surface area contributed by atoms with Crippen molar-refractivity contribution in [2.75, 3.05) is 13.1 Å². The van der Waals surface area contributed by atoms with E-state index in [1.807, 2.05) is 12.1 Å². The van der Waals surface area contributed by atoms with Crippen LogP contribution >= 0.6 is 0 Å². The van der Waals surface area contributed by atoms with Crippen molar-refractivity contribution in [1.82, 2.24) is 15.2 Å². The Morgan fingerprint density at radius 3 is 2.79 bits per heavy atom. The standard InChI is InChI=1S/C19H27N3O2/c23-19(21-12-8-14-6-10-20-11-7-14)18-5-4-16-17(24-18)9-13-22(16)15-2-1-3-15/h6-7,10-11,15-18H,1-5,8-9,12-13H2,(H,21,23)/t16-,17-,18-/m1/s1. The van der Waals surface area contributed by atoms with Crippen molar-refractivity contribution in [2.24, 2.45) is 0 Å². The van der Waals surface area contributed by atoms with Gasteiger partial charge in [0, 0.05) is 37.6 Å². The van der Waals surface area contributed by atoms with Gasteiger partial charge in [-0.2, -0.15) is 0 Å². The van der Waals surface area contributed by atoms with Crippen LogP contribution in [0.25, 0.3) is 0 Å². The molecular weight excluding hydrogens is 302 g/mol. The van der Waals surface area contributed by atoms with Crippen LogP contribution in [0.4, 0.5) is 0 Å². The number of carbonyl (C=O) groups is 1. The summed E-state index contributed by atoms with van der Waals surface area (Å²) >= 11 is 0. The van der Waals surface area contributed by atoms with Gasteiger partial charge in [0.25, 0.3) is 0 Å². The highest BCUT2D eigenvalue weighted by Gasteiger charge is 2.44. The van der Waals surface area contributed by atoms with Gasteiger partial charge in [0.1, 0.15) is 6.10 Å². The van der Waals surface area contributed by atoms with Crippen molar-refractivity contribution in [1.29, 1.82) is 0 Å². The van der Waals surface area contributed by atoms with E-state index in [-0.39, 0.29) is 18.1 Å². The monoisotopic (exact) mass is 329 g/mol. The molecular formula is C19H27N3O2. The number of rotatable bonds is 5. The molecule has 3 aliphatic rings. The Kier molecular flexibility index (Phi) is 4.81. The van der Waals surface area contributed by atoms with Gasteiger partial charge in [-0.15, -0.1) is 0 Å². The second-order valence-corrected chi connectivity index (χ2v) is 7.32. The Balaban J connectivity index is 1.24. The maximum Gasteiger partial charge on any atom is 0.249 e. The van der Waals surface area contributed by atoms with E-state index in [4.69, 9.17) is 4.74 Å². The van der Waals surface area contributed by atoms with E-state index in [1.54, 1.807) is 12.4 Å². The molecule has 1 N–H and O–H groups in total. The molecule has 0 radical (unpaired) electrons. The van der Waals surface area contributed by atoms with Crippen LogP contribution in [0.2, 0.25) is 0 Å². The van der Waals surface area contributed by atoms with Crippen LogP contribution < -0.4 is 5.32 Å². The second kappa shape index (κ2) is 7.19. The number of ether oxygens (including phenoxy) is 1. The lowest BCUT2D eigenvalue weighted by atomic mass is 9.89. The lowest BCUT2D eigenvalue weighted by Gasteiger charge is -2.42. The molecule has 4 rings (SSSR count). The molecule has 130 valence electrons. The summed E-state index contributed by atoms with van der Waals surface area (Å²) in [7, 11) is 0. The van der Waals surface area contributed by atoms with E-state index in [0.717, 1.165) is 38.3 Å². The Hall–Kier alpha value is -1.46. The first-order chi connectivity index (χ1) is 11.8. The summed E-state index contributed by atoms with van der Waals surface area (Å²) in [4.78, 5) is 19.1. The number of hydrogen-bond donors (Lipinski definition) is 1. The van der Waals surface area contributed by atoms with Crippen molar-refractivity contribution in [3.05, 3.63) is 30.1 Å². The third kappa shape index (κ3) is 3.33. The SMILES string of the molecule is O=C(NCCc1ccncc1)[C@H]1CC[C@@H]2[C@@H](CCN2C2CCC2)O1.